The van der Waals surface area contributed by atoms with Gasteiger partial charge in [-0.3, -0.25) is 4.90 Å². The van der Waals surface area contributed by atoms with E-state index >= 15 is 0 Å². The number of hydrogen-bond acceptors (Lipinski definition) is 3. The van der Waals surface area contributed by atoms with Gasteiger partial charge >= 0.3 is 0 Å². The van der Waals surface area contributed by atoms with Crippen LogP contribution in [0.4, 0.5) is 0 Å². The molecule has 4 aliphatic rings. The Labute approximate surface area is 145 Å². The smallest absolute Gasteiger partial charge is 0.115 e. The van der Waals surface area contributed by atoms with Gasteiger partial charge in [-0.15, -0.1) is 0 Å². The first-order valence-electron chi connectivity index (χ1n) is 9.94. The number of phenolic OH excluding ortho intramolecular Hbond substituents is 1. The lowest BCUT2D eigenvalue weighted by molar-refractivity contribution is -0.0347. The fraction of sp³-hybridized carbons (Fsp3) is 0.714. The van der Waals surface area contributed by atoms with E-state index in [2.05, 4.69) is 17.0 Å². The van der Waals surface area contributed by atoms with Crippen molar-refractivity contribution in [3.63, 3.8) is 0 Å². The number of nitrogens with zero attached hydrogens (tertiary/aromatic N) is 1. The van der Waals surface area contributed by atoms with Crippen molar-refractivity contribution >= 4 is 0 Å². The molecular weight excluding hydrogens is 298 g/mol. The third-order valence-corrected chi connectivity index (χ3v) is 7.40. The summed E-state index contributed by atoms with van der Waals surface area (Å²) in [5, 5.41) is 10.1. The van der Waals surface area contributed by atoms with Gasteiger partial charge in [-0.25, -0.2) is 0 Å². The first-order valence-corrected chi connectivity index (χ1v) is 9.94. The van der Waals surface area contributed by atoms with Crippen molar-refractivity contribution in [1.82, 2.24) is 4.90 Å². The molecule has 3 nitrogen and oxygen atoms in total. The minimum Gasteiger partial charge on any atom is -0.508 e. The first-order chi connectivity index (χ1) is 11.8. The predicted molar refractivity (Wildman–Crippen MR) is 94.4 cm³/mol. The molecule has 130 valence electrons. The molecule has 1 aromatic carbocycles. The molecule has 0 unspecified atom stereocenters. The molecule has 1 N–H and O–H groups in total. The molecule has 1 saturated carbocycles. The number of piperidine rings is 1. The van der Waals surface area contributed by atoms with Crippen molar-refractivity contribution in [2.45, 2.75) is 68.9 Å². The molecule has 3 heteroatoms. The highest BCUT2D eigenvalue weighted by atomic mass is 16.5. The number of rotatable bonds is 2. The summed E-state index contributed by atoms with van der Waals surface area (Å²) in [4.78, 5) is 2.76. The number of hydrogen-bond donors (Lipinski definition) is 1. The van der Waals surface area contributed by atoms with Gasteiger partial charge in [-0.2, -0.15) is 0 Å². The fourth-order valence-electron chi connectivity index (χ4n) is 6.35. The third kappa shape index (κ3) is 2.24. The highest BCUT2D eigenvalue weighted by molar-refractivity contribution is 5.45. The summed E-state index contributed by atoms with van der Waals surface area (Å²) in [6.07, 6.45) is 10.8. The molecule has 0 amide bonds. The maximum Gasteiger partial charge on any atom is 0.115 e. The Bertz CT molecular complexity index is 624. The van der Waals surface area contributed by atoms with Crippen LogP contribution < -0.4 is 0 Å². The van der Waals surface area contributed by atoms with E-state index in [0.29, 0.717) is 23.3 Å². The van der Waals surface area contributed by atoms with E-state index in [4.69, 9.17) is 4.74 Å². The molecule has 24 heavy (non-hydrogen) atoms. The zero-order valence-corrected chi connectivity index (χ0v) is 14.5. The molecular formula is C21H29NO2. The van der Waals surface area contributed by atoms with Gasteiger partial charge in [0.15, 0.2) is 0 Å². The predicted octanol–water partition coefficient (Wildman–Crippen LogP) is 3.63. The summed E-state index contributed by atoms with van der Waals surface area (Å²) in [7, 11) is 0. The summed E-state index contributed by atoms with van der Waals surface area (Å²) < 4.78 is 5.94. The van der Waals surface area contributed by atoms with E-state index in [1.807, 2.05) is 6.07 Å². The highest BCUT2D eigenvalue weighted by Crippen LogP contribution is 2.56. The number of fused-ring (bicyclic) bond motifs is 1. The zero-order valence-electron chi connectivity index (χ0n) is 14.5. The summed E-state index contributed by atoms with van der Waals surface area (Å²) in [6.45, 7) is 3.29. The van der Waals surface area contributed by atoms with Gasteiger partial charge < -0.3 is 9.84 Å². The Balaban J connectivity index is 1.51. The fourth-order valence-corrected chi connectivity index (χ4v) is 6.35. The van der Waals surface area contributed by atoms with Crippen LogP contribution in [0.5, 0.6) is 5.75 Å². The molecule has 4 atom stereocenters. The maximum absolute atomic E-state index is 10.1. The first kappa shape index (κ1) is 15.2. The largest absolute Gasteiger partial charge is 0.508 e. The second kappa shape index (κ2) is 5.74. The van der Waals surface area contributed by atoms with Gasteiger partial charge in [0, 0.05) is 24.6 Å². The van der Waals surface area contributed by atoms with E-state index in [1.54, 1.807) is 0 Å². The van der Waals surface area contributed by atoms with E-state index in [1.165, 1.54) is 62.6 Å². The zero-order chi connectivity index (χ0) is 16.1. The van der Waals surface area contributed by atoms with Gasteiger partial charge in [-0.05, 0) is 74.2 Å². The van der Waals surface area contributed by atoms with Crippen LogP contribution in [0.2, 0.25) is 0 Å². The minimum absolute atomic E-state index is 0.336. The highest BCUT2D eigenvalue weighted by Gasteiger charge is 2.53. The topological polar surface area (TPSA) is 32.7 Å². The lowest BCUT2D eigenvalue weighted by Crippen LogP contribution is -2.61. The SMILES string of the molecule is Oc1ccc2c(c1)[C@@]13CCCC[C@H]1[C@@H](C2)N(C[C@@H]1CCCO1)CC3. The van der Waals surface area contributed by atoms with Crippen molar-refractivity contribution in [2.24, 2.45) is 5.92 Å². The van der Waals surface area contributed by atoms with Crippen LogP contribution in [0.3, 0.4) is 0 Å². The standard InChI is InChI=1S/C21H29NO2/c23-16-7-6-15-12-20-18-5-1-2-8-21(18,19(15)13-16)9-10-22(20)14-17-4-3-11-24-17/h6-7,13,17-18,20,23H,1-5,8-12,14H2/t17-,18-,20+,21+/m0/s1. The van der Waals surface area contributed by atoms with Crippen LogP contribution in [0.15, 0.2) is 18.2 Å². The van der Waals surface area contributed by atoms with Crippen LogP contribution in [-0.2, 0) is 16.6 Å². The number of aromatic hydroxyl groups is 1. The second-order valence-electron chi connectivity index (χ2n) is 8.50. The van der Waals surface area contributed by atoms with Crippen molar-refractivity contribution in [1.29, 1.82) is 0 Å². The maximum atomic E-state index is 10.1. The molecule has 0 aromatic heterocycles. The second-order valence-corrected chi connectivity index (χ2v) is 8.50. The van der Waals surface area contributed by atoms with Crippen LogP contribution in [0.1, 0.15) is 56.1 Å². The van der Waals surface area contributed by atoms with Crippen molar-refractivity contribution < 1.29 is 9.84 Å². The average molecular weight is 327 g/mol. The minimum atomic E-state index is 0.336. The van der Waals surface area contributed by atoms with E-state index in [9.17, 15) is 5.11 Å². The summed E-state index contributed by atoms with van der Waals surface area (Å²) in [5.74, 6) is 1.23. The third-order valence-electron chi connectivity index (χ3n) is 7.40. The van der Waals surface area contributed by atoms with Crippen molar-refractivity contribution in [3.05, 3.63) is 29.3 Å². The quantitative estimate of drug-likeness (QED) is 0.900. The molecule has 3 fully saturated rings. The Morgan fingerprint density at radius 1 is 1.17 bits per heavy atom. The summed E-state index contributed by atoms with van der Waals surface area (Å²) >= 11 is 0. The van der Waals surface area contributed by atoms with Gasteiger partial charge in [-0.1, -0.05) is 18.9 Å². The summed E-state index contributed by atoms with van der Waals surface area (Å²) in [5.41, 5.74) is 3.32. The molecule has 2 heterocycles. The number of benzene rings is 1. The molecule has 1 aromatic rings. The van der Waals surface area contributed by atoms with Crippen molar-refractivity contribution in [3.8, 4) is 5.75 Å². The van der Waals surface area contributed by atoms with Crippen LogP contribution in [-0.4, -0.2) is 41.8 Å². The molecule has 2 aliphatic heterocycles. The normalized spacial score (nSPS) is 38.6. The van der Waals surface area contributed by atoms with Gasteiger partial charge in [0.05, 0.1) is 6.10 Å². The lowest BCUT2D eigenvalue weighted by atomic mass is 9.52. The Morgan fingerprint density at radius 2 is 2.12 bits per heavy atom. The van der Waals surface area contributed by atoms with Crippen LogP contribution in [0, 0.1) is 5.92 Å². The Kier molecular flexibility index (Phi) is 3.64. The summed E-state index contributed by atoms with van der Waals surface area (Å²) in [6, 6.07) is 6.86. The molecule has 2 saturated heterocycles. The molecule has 2 aliphatic carbocycles. The molecule has 5 rings (SSSR count). The van der Waals surface area contributed by atoms with E-state index in [-0.39, 0.29) is 0 Å². The average Bonchev–Trinajstić information content (AvgIpc) is 3.11. The Hall–Kier alpha value is -1.06. The van der Waals surface area contributed by atoms with Crippen LogP contribution in [0.25, 0.3) is 0 Å². The number of likely N-dealkylation sites (tertiary alicyclic amines) is 1. The lowest BCUT2D eigenvalue weighted by Gasteiger charge is -2.59. The molecule has 0 spiro atoms. The number of phenols is 1. The molecule has 2 bridgehead atoms. The molecule has 0 radical (unpaired) electrons. The van der Waals surface area contributed by atoms with Crippen LogP contribution >= 0.6 is 0 Å². The number of ether oxygens (including phenoxy) is 1. The van der Waals surface area contributed by atoms with Gasteiger partial charge in [0.25, 0.3) is 0 Å². The van der Waals surface area contributed by atoms with Gasteiger partial charge in [0.2, 0.25) is 0 Å². The van der Waals surface area contributed by atoms with Crippen molar-refractivity contribution in [2.75, 3.05) is 19.7 Å². The van der Waals surface area contributed by atoms with E-state index in [0.717, 1.165) is 25.5 Å². The van der Waals surface area contributed by atoms with E-state index < -0.39 is 0 Å². The Morgan fingerprint density at radius 3 is 3.00 bits per heavy atom. The van der Waals surface area contributed by atoms with Gasteiger partial charge in [0.1, 0.15) is 5.75 Å². The monoisotopic (exact) mass is 327 g/mol.